The lowest BCUT2D eigenvalue weighted by Gasteiger charge is -2.26. The average molecular weight is 250 g/mol. The third kappa shape index (κ3) is 3.16. The van der Waals surface area contributed by atoms with Crippen molar-refractivity contribution in [1.82, 2.24) is 15.1 Å². The number of nitrogen functional groups attached to an aromatic ring is 1. The SMILES string of the molecule is CN(CC1CCCOC1)C(=O)c1ccc(N)nn1. The molecule has 1 aliphatic rings. The van der Waals surface area contributed by atoms with Crippen LogP contribution in [0.5, 0.6) is 0 Å². The minimum atomic E-state index is -0.131. The topological polar surface area (TPSA) is 81.3 Å². The van der Waals surface area contributed by atoms with Crippen molar-refractivity contribution in [1.29, 1.82) is 0 Å². The molecule has 1 amide bonds. The maximum Gasteiger partial charge on any atom is 0.274 e. The zero-order valence-corrected chi connectivity index (χ0v) is 10.5. The first kappa shape index (κ1) is 12.8. The highest BCUT2D eigenvalue weighted by molar-refractivity contribution is 5.92. The predicted octanol–water partition coefficient (Wildman–Crippen LogP) is 0.557. The Morgan fingerprint density at radius 1 is 1.56 bits per heavy atom. The van der Waals surface area contributed by atoms with E-state index in [1.54, 1.807) is 24.1 Å². The van der Waals surface area contributed by atoms with Gasteiger partial charge in [0.05, 0.1) is 6.61 Å². The Hall–Kier alpha value is -1.69. The third-order valence-electron chi connectivity index (χ3n) is 3.04. The second-order valence-corrected chi connectivity index (χ2v) is 4.61. The predicted molar refractivity (Wildman–Crippen MR) is 66.9 cm³/mol. The van der Waals surface area contributed by atoms with E-state index < -0.39 is 0 Å². The largest absolute Gasteiger partial charge is 0.382 e. The van der Waals surface area contributed by atoms with Crippen LogP contribution in [0.25, 0.3) is 0 Å². The second kappa shape index (κ2) is 5.77. The van der Waals surface area contributed by atoms with E-state index in [2.05, 4.69) is 10.2 Å². The molecule has 6 nitrogen and oxygen atoms in total. The van der Waals surface area contributed by atoms with Crippen molar-refractivity contribution in [2.24, 2.45) is 5.92 Å². The van der Waals surface area contributed by atoms with Gasteiger partial charge in [0.2, 0.25) is 0 Å². The molecule has 0 radical (unpaired) electrons. The molecular weight excluding hydrogens is 232 g/mol. The standard InChI is InChI=1S/C12H18N4O2/c1-16(7-9-3-2-6-18-8-9)12(17)10-4-5-11(13)15-14-10/h4-5,9H,2-3,6-8H2,1H3,(H2,13,15). The lowest BCUT2D eigenvalue weighted by Crippen LogP contribution is -2.35. The van der Waals surface area contributed by atoms with Gasteiger partial charge in [0.15, 0.2) is 5.69 Å². The molecule has 0 saturated carbocycles. The van der Waals surface area contributed by atoms with Crippen LogP contribution in [0.15, 0.2) is 12.1 Å². The Balaban J connectivity index is 1.93. The van der Waals surface area contributed by atoms with Crippen LogP contribution in [-0.2, 0) is 4.74 Å². The van der Waals surface area contributed by atoms with Crippen LogP contribution in [0.1, 0.15) is 23.3 Å². The fraction of sp³-hybridized carbons (Fsp3) is 0.583. The molecule has 2 heterocycles. The maximum atomic E-state index is 12.1. The van der Waals surface area contributed by atoms with Gasteiger partial charge in [0, 0.05) is 20.2 Å². The molecule has 2 N–H and O–H groups in total. The van der Waals surface area contributed by atoms with Gasteiger partial charge in [-0.1, -0.05) is 0 Å². The van der Waals surface area contributed by atoms with E-state index in [4.69, 9.17) is 10.5 Å². The van der Waals surface area contributed by atoms with Crippen molar-refractivity contribution in [2.75, 3.05) is 32.5 Å². The van der Waals surface area contributed by atoms with Crippen LogP contribution in [0, 0.1) is 5.92 Å². The number of carbonyl (C=O) groups is 1. The maximum absolute atomic E-state index is 12.1. The van der Waals surface area contributed by atoms with Crippen molar-refractivity contribution < 1.29 is 9.53 Å². The molecule has 1 aromatic heterocycles. The Kier molecular flexibility index (Phi) is 4.09. The van der Waals surface area contributed by atoms with E-state index in [0.29, 0.717) is 24.0 Å². The van der Waals surface area contributed by atoms with Crippen LogP contribution < -0.4 is 5.73 Å². The summed E-state index contributed by atoms with van der Waals surface area (Å²) < 4.78 is 5.40. The van der Waals surface area contributed by atoms with Crippen molar-refractivity contribution in [3.05, 3.63) is 17.8 Å². The summed E-state index contributed by atoms with van der Waals surface area (Å²) in [6.45, 7) is 2.24. The number of nitrogens with zero attached hydrogens (tertiary/aromatic N) is 3. The van der Waals surface area contributed by atoms with Gasteiger partial charge in [-0.15, -0.1) is 10.2 Å². The number of rotatable bonds is 3. The summed E-state index contributed by atoms with van der Waals surface area (Å²) in [6, 6.07) is 3.18. The van der Waals surface area contributed by atoms with Gasteiger partial charge < -0.3 is 15.4 Å². The fourth-order valence-corrected chi connectivity index (χ4v) is 2.07. The fourth-order valence-electron chi connectivity index (χ4n) is 2.07. The quantitative estimate of drug-likeness (QED) is 0.847. The molecule has 1 aliphatic heterocycles. The lowest BCUT2D eigenvalue weighted by molar-refractivity contribution is 0.0386. The van der Waals surface area contributed by atoms with E-state index >= 15 is 0 Å². The highest BCUT2D eigenvalue weighted by Gasteiger charge is 2.20. The van der Waals surface area contributed by atoms with E-state index in [-0.39, 0.29) is 5.91 Å². The second-order valence-electron chi connectivity index (χ2n) is 4.61. The number of amides is 1. The Morgan fingerprint density at radius 2 is 2.39 bits per heavy atom. The van der Waals surface area contributed by atoms with E-state index in [1.807, 2.05) is 0 Å². The molecule has 0 spiro atoms. The molecule has 1 fully saturated rings. The molecule has 0 aromatic carbocycles. The molecule has 0 bridgehead atoms. The number of nitrogens with two attached hydrogens (primary N) is 1. The van der Waals surface area contributed by atoms with Gasteiger partial charge in [-0.2, -0.15) is 0 Å². The zero-order chi connectivity index (χ0) is 13.0. The molecule has 0 aliphatic carbocycles. The van der Waals surface area contributed by atoms with Crippen molar-refractivity contribution in [2.45, 2.75) is 12.8 Å². The van der Waals surface area contributed by atoms with Gasteiger partial charge in [-0.05, 0) is 30.9 Å². The first-order valence-corrected chi connectivity index (χ1v) is 6.09. The van der Waals surface area contributed by atoms with Crippen LogP contribution >= 0.6 is 0 Å². The van der Waals surface area contributed by atoms with Crippen LogP contribution in [0.3, 0.4) is 0 Å². The third-order valence-corrected chi connectivity index (χ3v) is 3.04. The molecule has 6 heteroatoms. The number of aromatic nitrogens is 2. The van der Waals surface area contributed by atoms with Crippen LogP contribution in [-0.4, -0.2) is 47.8 Å². The normalized spacial score (nSPS) is 19.5. The number of hydrogen-bond donors (Lipinski definition) is 1. The molecule has 1 saturated heterocycles. The van der Waals surface area contributed by atoms with Gasteiger partial charge in [-0.25, -0.2) is 0 Å². The lowest BCUT2D eigenvalue weighted by atomic mass is 10.0. The minimum Gasteiger partial charge on any atom is -0.382 e. The van der Waals surface area contributed by atoms with Crippen LogP contribution in [0.2, 0.25) is 0 Å². The summed E-state index contributed by atoms with van der Waals surface area (Å²) in [5, 5.41) is 7.48. The Labute approximate surface area is 106 Å². The summed E-state index contributed by atoms with van der Waals surface area (Å²) >= 11 is 0. The van der Waals surface area contributed by atoms with Crippen LogP contribution in [0.4, 0.5) is 5.82 Å². The van der Waals surface area contributed by atoms with E-state index in [9.17, 15) is 4.79 Å². The molecule has 98 valence electrons. The van der Waals surface area contributed by atoms with Gasteiger partial charge in [-0.3, -0.25) is 4.79 Å². The van der Waals surface area contributed by atoms with Crippen molar-refractivity contribution in [3.8, 4) is 0 Å². The molecule has 18 heavy (non-hydrogen) atoms. The summed E-state index contributed by atoms with van der Waals surface area (Å²) in [5.74, 6) is 0.595. The molecule has 2 rings (SSSR count). The highest BCUT2D eigenvalue weighted by atomic mass is 16.5. The average Bonchev–Trinajstić information content (AvgIpc) is 2.40. The number of hydrogen-bond acceptors (Lipinski definition) is 5. The molecule has 1 unspecified atom stereocenters. The summed E-state index contributed by atoms with van der Waals surface area (Å²) in [4.78, 5) is 13.7. The molecule has 1 atom stereocenters. The Bertz CT molecular complexity index is 401. The van der Waals surface area contributed by atoms with Gasteiger partial charge >= 0.3 is 0 Å². The van der Waals surface area contributed by atoms with Crippen molar-refractivity contribution >= 4 is 11.7 Å². The zero-order valence-electron chi connectivity index (χ0n) is 10.5. The summed E-state index contributed by atoms with van der Waals surface area (Å²) in [6.07, 6.45) is 2.17. The van der Waals surface area contributed by atoms with Gasteiger partial charge in [0.25, 0.3) is 5.91 Å². The molecular formula is C12H18N4O2. The smallest absolute Gasteiger partial charge is 0.274 e. The van der Waals surface area contributed by atoms with Gasteiger partial charge in [0.1, 0.15) is 5.82 Å². The molecule has 1 aromatic rings. The van der Waals surface area contributed by atoms with E-state index in [0.717, 1.165) is 26.1 Å². The number of anilines is 1. The minimum absolute atomic E-state index is 0.131. The number of carbonyl (C=O) groups excluding carboxylic acids is 1. The summed E-state index contributed by atoms with van der Waals surface area (Å²) in [5.41, 5.74) is 5.76. The number of ether oxygens (including phenoxy) is 1. The monoisotopic (exact) mass is 250 g/mol. The Morgan fingerprint density at radius 3 is 3.00 bits per heavy atom. The highest BCUT2D eigenvalue weighted by Crippen LogP contribution is 2.15. The summed E-state index contributed by atoms with van der Waals surface area (Å²) in [7, 11) is 1.77. The first-order valence-electron chi connectivity index (χ1n) is 6.09. The van der Waals surface area contributed by atoms with E-state index in [1.165, 1.54) is 0 Å². The van der Waals surface area contributed by atoms with Crippen molar-refractivity contribution in [3.63, 3.8) is 0 Å². The first-order chi connectivity index (χ1) is 8.66.